The van der Waals surface area contributed by atoms with Gasteiger partial charge in [0.1, 0.15) is 6.61 Å². The van der Waals surface area contributed by atoms with Crippen molar-refractivity contribution in [3.05, 3.63) is 35.4 Å². The minimum Gasteiger partial charge on any atom is -0.371 e. The summed E-state index contributed by atoms with van der Waals surface area (Å²) in [5.41, 5.74) is 1.56. The third kappa shape index (κ3) is 5.08. The smallest absolute Gasteiger partial charge is 0.371 e. The molecule has 0 aliphatic heterocycles. The molecular formula is C13H15Br2F3O. The van der Waals surface area contributed by atoms with Gasteiger partial charge in [-0.2, -0.15) is 13.2 Å². The average molecular weight is 404 g/mol. The second kappa shape index (κ2) is 7.09. The molecule has 0 spiro atoms. The van der Waals surface area contributed by atoms with Crippen molar-refractivity contribution in [2.45, 2.75) is 18.5 Å². The van der Waals surface area contributed by atoms with Crippen LogP contribution in [0.3, 0.4) is 0 Å². The lowest BCUT2D eigenvalue weighted by atomic mass is 9.85. The lowest BCUT2D eigenvalue weighted by Gasteiger charge is -2.30. The van der Waals surface area contributed by atoms with E-state index in [1.54, 1.807) is 0 Å². The largest absolute Gasteiger partial charge is 0.411 e. The molecular weight excluding hydrogens is 389 g/mol. The molecule has 0 saturated heterocycles. The van der Waals surface area contributed by atoms with Gasteiger partial charge >= 0.3 is 6.18 Å². The number of halogens is 5. The first-order chi connectivity index (χ1) is 8.83. The predicted molar refractivity (Wildman–Crippen MR) is 77.3 cm³/mol. The first kappa shape index (κ1) is 17.0. The molecule has 0 amide bonds. The minimum absolute atomic E-state index is 0.00602. The molecule has 108 valence electrons. The van der Waals surface area contributed by atoms with Crippen LogP contribution in [-0.2, 0) is 10.2 Å². The highest BCUT2D eigenvalue weighted by atomic mass is 79.9. The molecule has 0 atom stereocenters. The highest BCUT2D eigenvalue weighted by Gasteiger charge is 2.34. The van der Waals surface area contributed by atoms with Gasteiger partial charge < -0.3 is 4.74 Å². The maximum Gasteiger partial charge on any atom is 0.411 e. The Hall–Kier alpha value is -0.0700. The second-order valence-corrected chi connectivity index (χ2v) is 5.64. The van der Waals surface area contributed by atoms with Gasteiger partial charge in [-0.15, -0.1) is 0 Å². The number of hydrogen-bond donors (Lipinski definition) is 0. The zero-order valence-electron chi connectivity index (χ0n) is 10.4. The molecule has 19 heavy (non-hydrogen) atoms. The normalized spacial score (nSPS) is 12.7. The third-order valence-corrected chi connectivity index (χ3v) is 4.97. The summed E-state index contributed by atoms with van der Waals surface area (Å²) >= 11 is 6.76. The minimum atomic E-state index is -4.29. The number of aryl methyl sites for hydroxylation is 1. The number of ether oxygens (including phenoxy) is 1. The Labute approximate surface area is 127 Å². The fourth-order valence-corrected chi connectivity index (χ4v) is 3.52. The molecule has 0 aliphatic carbocycles. The molecule has 0 bridgehead atoms. The van der Waals surface area contributed by atoms with Crippen LogP contribution in [0.2, 0.25) is 0 Å². The number of benzene rings is 1. The third-order valence-electron chi connectivity index (χ3n) is 2.82. The summed E-state index contributed by atoms with van der Waals surface area (Å²) in [4.78, 5) is 0. The molecule has 0 saturated carbocycles. The van der Waals surface area contributed by atoms with Crippen molar-refractivity contribution in [3.8, 4) is 0 Å². The lowest BCUT2D eigenvalue weighted by molar-refractivity contribution is -0.176. The summed E-state index contributed by atoms with van der Waals surface area (Å²) in [6.45, 7) is 0.751. The van der Waals surface area contributed by atoms with Crippen LogP contribution in [0.1, 0.15) is 11.1 Å². The average Bonchev–Trinajstić information content (AvgIpc) is 2.35. The fourth-order valence-electron chi connectivity index (χ4n) is 1.62. The van der Waals surface area contributed by atoms with E-state index in [0.717, 1.165) is 11.1 Å². The maximum atomic E-state index is 12.1. The van der Waals surface area contributed by atoms with E-state index in [1.165, 1.54) is 0 Å². The van der Waals surface area contributed by atoms with Crippen LogP contribution in [0, 0.1) is 6.92 Å². The van der Waals surface area contributed by atoms with Gasteiger partial charge in [0.05, 0.1) is 6.61 Å². The second-order valence-electron chi connectivity index (χ2n) is 4.52. The molecule has 0 fully saturated rings. The zero-order chi connectivity index (χ0) is 14.5. The Morgan fingerprint density at radius 3 is 1.95 bits per heavy atom. The predicted octanol–water partition coefficient (Wildman–Crippen LogP) is 4.60. The monoisotopic (exact) mass is 402 g/mol. The van der Waals surface area contributed by atoms with Gasteiger partial charge in [0.15, 0.2) is 0 Å². The number of rotatable bonds is 6. The molecule has 0 aliphatic rings. The van der Waals surface area contributed by atoms with E-state index >= 15 is 0 Å². The van der Waals surface area contributed by atoms with Crippen LogP contribution in [0.15, 0.2) is 24.3 Å². The van der Waals surface area contributed by atoms with Gasteiger partial charge in [-0.3, -0.25) is 0 Å². The molecule has 0 heterocycles. The van der Waals surface area contributed by atoms with Crippen LogP contribution >= 0.6 is 31.9 Å². The van der Waals surface area contributed by atoms with Gasteiger partial charge in [-0.1, -0.05) is 61.7 Å². The molecule has 0 aromatic heterocycles. The molecule has 1 aromatic carbocycles. The summed E-state index contributed by atoms with van der Waals surface area (Å²) < 4.78 is 41.3. The Morgan fingerprint density at radius 2 is 1.53 bits per heavy atom. The molecule has 6 heteroatoms. The molecule has 1 nitrogen and oxygen atoms in total. The van der Waals surface area contributed by atoms with Crippen LogP contribution < -0.4 is 0 Å². The van der Waals surface area contributed by atoms with E-state index in [1.807, 2.05) is 31.2 Å². The van der Waals surface area contributed by atoms with Crippen LogP contribution in [-0.4, -0.2) is 30.1 Å². The van der Waals surface area contributed by atoms with E-state index in [-0.39, 0.29) is 6.61 Å². The van der Waals surface area contributed by atoms with Crippen LogP contribution in [0.4, 0.5) is 13.2 Å². The van der Waals surface area contributed by atoms with Gasteiger partial charge in [-0.05, 0) is 12.5 Å². The van der Waals surface area contributed by atoms with Gasteiger partial charge in [0.2, 0.25) is 0 Å². The van der Waals surface area contributed by atoms with Gasteiger partial charge in [-0.25, -0.2) is 0 Å². The first-order valence-corrected chi connectivity index (χ1v) is 7.91. The van der Waals surface area contributed by atoms with Gasteiger partial charge in [0, 0.05) is 16.1 Å². The van der Waals surface area contributed by atoms with Crippen molar-refractivity contribution in [3.63, 3.8) is 0 Å². The van der Waals surface area contributed by atoms with E-state index in [0.29, 0.717) is 10.7 Å². The summed E-state index contributed by atoms with van der Waals surface area (Å²) in [6.07, 6.45) is -4.29. The van der Waals surface area contributed by atoms with Crippen molar-refractivity contribution in [2.24, 2.45) is 0 Å². The van der Waals surface area contributed by atoms with Crippen molar-refractivity contribution in [1.82, 2.24) is 0 Å². The lowest BCUT2D eigenvalue weighted by Crippen LogP contribution is -2.37. The summed E-state index contributed by atoms with van der Waals surface area (Å²) in [6, 6.07) is 7.74. The highest BCUT2D eigenvalue weighted by molar-refractivity contribution is 9.09. The van der Waals surface area contributed by atoms with Crippen molar-refractivity contribution < 1.29 is 17.9 Å². The molecule has 0 unspecified atom stereocenters. The van der Waals surface area contributed by atoms with E-state index in [2.05, 4.69) is 31.9 Å². The number of alkyl halides is 5. The van der Waals surface area contributed by atoms with Crippen molar-refractivity contribution >= 4 is 31.9 Å². The zero-order valence-corrected chi connectivity index (χ0v) is 13.6. The molecule has 1 aromatic rings. The van der Waals surface area contributed by atoms with Crippen molar-refractivity contribution in [1.29, 1.82) is 0 Å². The van der Waals surface area contributed by atoms with E-state index in [9.17, 15) is 13.2 Å². The van der Waals surface area contributed by atoms with E-state index < -0.39 is 18.2 Å². The first-order valence-electron chi connectivity index (χ1n) is 5.66. The molecule has 1 rings (SSSR count). The quantitative estimate of drug-likeness (QED) is 0.630. The van der Waals surface area contributed by atoms with Gasteiger partial charge in [0.25, 0.3) is 0 Å². The Balaban J connectivity index is 2.82. The van der Waals surface area contributed by atoms with Crippen LogP contribution in [0.5, 0.6) is 0 Å². The topological polar surface area (TPSA) is 9.23 Å². The standard InChI is InChI=1S/C13H15Br2F3O/c1-10-2-4-11(5-3-10)12(6-14,7-15)8-19-9-13(16,17)18/h2-5H,6-9H2,1H3. The Bertz CT molecular complexity index is 386. The molecule has 0 radical (unpaired) electrons. The summed E-state index contributed by atoms with van der Waals surface area (Å²) in [7, 11) is 0. The summed E-state index contributed by atoms with van der Waals surface area (Å²) in [5.74, 6) is 0. The van der Waals surface area contributed by atoms with E-state index in [4.69, 9.17) is 4.74 Å². The van der Waals surface area contributed by atoms with Crippen molar-refractivity contribution in [2.75, 3.05) is 23.9 Å². The summed E-state index contributed by atoms with van der Waals surface area (Å²) in [5, 5.41) is 1.04. The SMILES string of the molecule is Cc1ccc(C(CBr)(CBr)COCC(F)(F)F)cc1. The highest BCUT2D eigenvalue weighted by Crippen LogP contribution is 2.30. The molecule has 0 N–H and O–H groups in total. The van der Waals surface area contributed by atoms with Crippen LogP contribution in [0.25, 0.3) is 0 Å². The number of hydrogen-bond acceptors (Lipinski definition) is 1. The maximum absolute atomic E-state index is 12.1. The Morgan fingerprint density at radius 1 is 1.00 bits per heavy atom. The fraction of sp³-hybridized carbons (Fsp3) is 0.538. The Kier molecular flexibility index (Phi) is 6.33.